The maximum atomic E-state index is 11.9. The predicted octanol–water partition coefficient (Wildman–Crippen LogP) is 4.61. The lowest BCUT2D eigenvalue weighted by Gasteiger charge is -2.03. The molecule has 0 atom stereocenters. The van der Waals surface area contributed by atoms with Gasteiger partial charge in [-0.3, -0.25) is 4.98 Å². The lowest BCUT2D eigenvalue weighted by atomic mass is 10.1. The third-order valence-corrected chi connectivity index (χ3v) is 5.02. The zero-order valence-corrected chi connectivity index (χ0v) is 14.5. The van der Waals surface area contributed by atoms with Gasteiger partial charge in [-0.25, -0.2) is 9.78 Å². The van der Waals surface area contributed by atoms with Crippen molar-refractivity contribution in [2.45, 2.75) is 13.8 Å². The number of rotatable bonds is 3. The maximum absolute atomic E-state index is 11.9. The van der Waals surface area contributed by atoms with Crippen molar-refractivity contribution >= 4 is 44.1 Å². The molecule has 0 radical (unpaired) electrons. The monoisotopic (exact) mass is 376 g/mol. The minimum atomic E-state index is -0.318. The molecule has 0 saturated heterocycles. The number of carbonyl (C=O) groups excluding carboxylic acids is 1. The molecule has 22 heavy (non-hydrogen) atoms. The molecule has 2 aromatic heterocycles. The number of fused-ring (bicyclic) bond motifs is 1. The van der Waals surface area contributed by atoms with Gasteiger partial charge in [0.05, 0.1) is 17.8 Å². The number of hydrogen-bond acceptors (Lipinski definition) is 5. The molecule has 0 spiro atoms. The standard InChI is InChI=1S/C16H13BrN2O2S/c1-3-21-16(20)14-9(2)19-15(22-14)10-7-12(17)11-5-4-6-18-13(11)8-10/h4-8H,3H2,1-2H3. The van der Waals surface area contributed by atoms with Crippen molar-refractivity contribution in [3.8, 4) is 10.6 Å². The van der Waals surface area contributed by atoms with Gasteiger partial charge in [-0.2, -0.15) is 0 Å². The Morgan fingerprint density at radius 3 is 3.00 bits per heavy atom. The van der Waals surface area contributed by atoms with Crippen molar-refractivity contribution in [3.05, 3.63) is 45.5 Å². The fourth-order valence-electron chi connectivity index (χ4n) is 2.17. The summed E-state index contributed by atoms with van der Waals surface area (Å²) < 4.78 is 6.02. The Balaban J connectivity index is 2.08. The van der Waals surface area contributed by atoms with Crippen LogP contribution in [0.15, 0.2) is 34.9 Å². The van der Waals surface area contributed by atoms with Crippen LogP contribution in [0.1, 0.15) is 22.3 Å². The molecule has 0 unspecified atom stereocenters. The highest BCUT2D eigenvalue weighted by Crippen LogP contribution is 2.33. The molecule has 6 heteroatoms. The van der Waals surface area contributed by atoms with E-state index in [0.29, 0.717) is 17.2 Å². The Morgan fingerprint density at radius 2 is 2.23 bits per heavy atom. The van der Waals surface area contributed by atoms with E-state index < -0.39 is 0 Å². The molecule has 1 aromatic carbocycles. The molecule has 3 aromatic rings. The summed E-state index contributed by atoms with van der Waals surface area (Å²) in [7, 11) is 0. The molecule has 112 valence electrons. The quantitative estimate of drug-likeness (QED) is 0.626. The summed E-state index contributed by atoms with van der Waals surface area (Å²) in [6.45, 7) is 3.97. The van der Waals surface area contributed by atoms with Crippen LogP contribution in [-0.4, -0.2) is 22.5 Å². The highest BCUT2D eigenvalue weighted by molar-refractivity contribution is 9.10. The maximum Gasteiger partial charge on any atom is 0.350 e. The first-order valence-corrected chi connectivity index (χ1v) is 8.40. The van der Waals surface area contributed by atoms with E-state index in [0.717, 1.165) is 25.9 Å². The van der Waals surface area contributed by atoms with Crippen LogP contribution in [0.2, 0.25) is 0 Å². The zero-order valence-electron chi connectivity index (χ0n) is 12.1. The number of nitrogens with zero attached hydrogens (tertiary/aromatic N) is 2. The second-order valence-electron chi connectivity index (χ2n) is 4.68. The topological polar surface area (TPSA) is 52.1 Å². The minimum Gasteiger partial charge on any atom is -0.462 e. The SMILES string of the molecule is CCOC(=O)c1sc(-c2cc(Br)c3cccnc3c2)nc1C. The smallest absolute Gasteiger partial charge is 0.350 e. The van der Waals surface area contributed by atoms with Crippen LogP contribution in [0.25, 0.3) is 21.5 Å². The summed E-state index contributed by atoms with van der Waals surface area (Å²) in [6.07, 6.45) is 1.76. The molecule has 0 aliphatic rings. The fraction of sp³-hybridized carbons (Fsp3) is 0.188. The van der Waals surface area contributed by atoms with Crippen molar-refractivity contribution in [1.82, 2.24) is 9.97 Å². The second kappa shape index (κ2) is 6.14. The van der Waals surface area contributed by atoms with Crippen LogP contribution >= 0.6 is 27.3 Å². The third kappa shape index (κ3) is 2.76. The van der Waals surface area contributed by atoms with Crippen LogP contribution in [-0.2, 0) is 4.74 Å². The first-order chi connectivity index (χ1) is 10.6. The van der Waals surface area contributed by atoms with E-state index in [1.165, 1.54) is 11.3 Å². The number of benzene rings is 1. The van der Waals surface area contributed by atoms with Gasteiger partial charge >= 0.3 is 5.97 Å². The van der Waals surface area contributed by atoms with Gasteiger partial charge in [-0.1, -0.05) is 22.0 Å². The Labute approximate surface area is 140 Å². The molecule has 0 aliphatic carbocycles. The van der Waals surface area contributed by atoms with Gasteiger partial charge in [0.1, 0.15) is 9.88 Å². The van der Waals surface area contributed by atoms with Gasteiger partial charge in [0.2, 0.25) is 0 Å². The Bertz CT molecular complexity index is 860. The summed E-state index contributed by atoms with van der Waals surface area (Å²) in [5, 5.41) is 1.83. The summed E-state index contributed by atoms with van der Waals surface area (Å²) in [4.78, 5) is 21.3. The van der Waals surface area contributed by atoms with Crippen molar-refractivity contribution in [1.29, 1.82) is 0 Å². The van der Waals surface area contributed by atoms with Gasteiger partial charge in [-0.05, 0) is 32.0 Å². The highest BCUT2D eigenvalue weighted by atomic mass is 79.9. The minimum absolute atomic E-state index is 0.318. The number of aryl methyl sites for hydroxylation is 1. The molecular weight excluding hydrogens is 364 g/mol. The fourth-order valence-corrected chi connectivity index (χ4v) is 3.70. The lowest BCUT2D eigenvalue weighted by Crippen LogP contribution is -2.03. The average Bonchev–Trinajstić information content (AvgIpc) is 2.89. The van der Waals surface area contributed by atoms with E-state index in [2.05, 4.69) is 25.9 Å². The van der Waals surface area contributed by atoms with Crippen molar-refractivity contribution < 1.29 is 9.53 Å². The molecule has 3 rings (SSSR count). The normalized spacial score (nSPS) is 10.9. The summed E-state index contributed by atoms with van der Waals surface area (Å²) in [5.41, 5.74) is 2.51. The second-order valence-corrected chi connectivity index (χ2v) is 6.54. The summed E-state index contributed by atoms with van der Waals surface area (Å²) in [5.74, 6) is -0.318. The number of hydrogen-bond donors (Lipinski definition) is 0. The van der Waals surface area contributed by atoms with Crippen LogP contribution in [0.5, 0.6) is 0 Å². The number of thiazole rings is 1. The van der Waals surface area contributed by atoms with Gasteiger partial charge < -0.3 is 4.74 Å². The van der Waals surface area contributed by atoms with Gasteiger partial charge in [0, 0.05) is 21.6 Å². The van der Waals surface area contributed by atoms with Crippen LogP contribution in [0.3, 0.4) is 0 Å². The van der Waals surface area contributed by atoms with Crippen LogP contribution in [0.4, 0.5) is 0 Å². The van der Waals surface area contributed by atoms with E-state index in [4.69, 9.17) is 4.74 Å². The molecule has 0 amide bonds. The van der Waals surface area contributed by atoms with Crippen molar-refractivity contribution in [3.63, 3.8) is 0 Å². The predicted molar refractivity (Wildman–Crippen MR) is 91.2 cm³/mol. The number of carbonyl (C=O) groups is 1. The Morgan fingerprint density at radius 1 is 1.41 bits per heavy atom. The van der Waals surface area contributed by atoms with E-state index in [1.54, 1.807) is 13.1 Å². The molecule has 2 heterocycles. The molecule has 4 nitrogen and oxygen atoms in total. The Hall–Kier alpha value is -1.79. The van der Waals surface area contributed by atoms with E-state index in [9.17, 15) is 4.79 Å². The number of esters is 1. The molecule has 0 bridgehead atoms. The summed E-state index contributed by atoms with van der Waals surface area (Å²) in [6, 6.07) is 7.89. The van der Waals surface area contributed by atoms with Crippen LogP contribution < -0.4 is 0 Å². The van der Waals surface area contributed by atoms with Crippen LogP contribution in [0, 0.1) is 6.92 Å². The first-order valence-electron chi connectivity index (χ1n) is 6.79. The average molecular weight is 377 g/mol. The number of aromatic nitrogens is 2. The molecule has 0 fully saturated rings. The van der Waals surface area contributed by atoms with Gasteiger partial charge in [0.15, 0.2) is 0 Å². The zero-order chi connectivity index (χ0) is 15.7. The lowest BCUT2D eigenvalue weighted by molar-refractivity contribution is 0.0531. The van der Waals surface area contributed by atoms with Crippen molar-refractivity contribution in [2.24, 2.45) is 0 Å². The van der Waals surface area contributed by atoms with Gasteiger partial charge in [-0.15, -0.1) is 11.3 Å². The highest BCUT2D eigenvalue weighted by Gasteiger charge is 2.17. The number of ether oxygens (including phenoxy) is 1. The summed E-state index contributed by atoms with van der Waals surface area (Å²) >= 11 is 4.91. The number of pyridine rings is 1. The molecule has 0 N–H and O–H groups in total. The van der Waals surface area contributed by atoms with Gasteiger partial charge in [0.25, 0.3) is 0 Å². The van der Waals surface area contributed by atoms with E-state index >= 15 is 0 Å². The molecule has 0 aliphatic heterocycles. The largest absolute Gasteiger partial charge is 0.462 e. The third-order valence-electron chi connectivity index (χ3n) is 3.17. The van der Waals surface area contributed by atoms with E-state index in [-0.39, 0.29) is 5.97 Å². The molecular formula is C16H13BrN2O2S. The first kappa shape index (κ1) is 15.1. The Kier molecular flexibility index (Phi) is 4.22. The van der Waals surface area contributed by atoms with Crippen molar-refractivity contribution in [2.75, 3.05) is 6.61 Å². The van der Waals surface area contributed by atoms with E-state index in [1.807, 2.05) is 31.2 Å². The molecule has 0 saturated carbocycles. The number of halogens is 1.